The average molecular weight is 256 g/mol. The van der Waals surface area contributed by atoms with Crippen molar-refractivity contribution in [3.63, 3.8) is 0 Å². The predicted octanol–water partition coefficient (Wildman–Crippen LogP) is 2.99. The summed E-state index contributed by atoms with van der Waals surface area (Å²) in [6.45, 7) is 2.88. The molecule has 0 spiro atoms. The van der Waals surface area contributed by atoms with Crippen molar-refractivity contribution in [2.24, 2.45) is 5.41 Å². The molecular formula is C16H20N2O. The summed E-state index contributed by atoms with van der Waals surface area (Å²) >= 11 is 0. The summed E-state index contributed by atoms with van der Waals surface area (Å²) < 4.78 is 0. The van der Waals surface area contributed by atoms with Gasteiger partial charge in [0, 0.05) is 6.54 Å². The zero-order chi connectivity index (χ0) is 13.7. The van der Waals surface area contributed by atoms with Gasteiger partial charge in [-0.2, -0.15) is 5.26 Å². The lowest BCUT2D eigenvalue weighted by Crippen LogP contribution is -2.33. The van der Waals surface area contributed by atoms with Gasteiger partial charge in [0.1, 0.15) is 5.92 Å². The zero-order valence-electron chi connectivity index (χ0n) is 11.4. The number of hydrogen-bond acceptors (Lipinski definition) is 2. The van der Waals surface area contributed by atoms with E-state index in [1.54, 1.807) is 0 Å². The van der Waals surface area contributed by atoms with Gasteiger partial charge in [0.2, 0.25) is 5.91 Å². The molecule has 19 heavy (non-hydrogen) atoms. The predicted molar refractivity (Wildman–Crippen MR) is 74.4 cm³/mol. The second-order valence-electron chi connectivity index (χ2n) is 5.44. The van der Waals surface area contributed by atoms with E-state index in [1.165, 1.54) is 12.8 Å². The number of benzene rings is 1. The lowest BCUT2D eigenvalue weighted by molar-refractivity contribution is -0.121. The molecule has 100 valence electrons. The number of amides is 1. The minimum Gasteiger partial charge on any atom is -0.354 e. The van der Waals surface area contributed by atoms with E-state index >= 15 is 0 Å². The van der Waals surface area contributed by atoms with Crippen LogP contribution in [-0.2, 0) is 4.79 Å². The van der Waals surface area contributed by atoms with Crippen molar-refractivity contribution < 1.29 is 4.79 Å². The van der Waals surface area contributed by atoms with E-state index in [-0.39, 0.29) is 5.91 Å². The van der Waals surface area contributed by atoms with Crippen molar-refractivity contribution in [2.75, 3.05) is 6.54 Å². The summed E-state index contributed by atoms with van der Waals surface area (Å²) in [6.07, 6.45) is 4.71. The molecule has 2 rings (SSSR count). The third kappa shape index (κ3) is 3.35. The molecule has 0 aromatic heterocycles. The van der Waals surface area contributed by atoms with Gasteiger partial charge in [-0.15, -0.1) is 0 Å². The van der Waals surface area contributed by atoms with Gasteiger partial charge >= 0.3 is 0 Å². The number of carbonyl (C=O) groups is 1. The maximum atomic E-state index is 12.1. The molecule has 1 aliphatic carbocycles. The van der Waals surface area contributed by atoms with Crippen LogP contribution >= 0.6 is 0 Å². The van der Waals surface area contributed by atoms with E-state index < -0.39 is 5.92 Å². The molecule has 1 N–H and O–H groups in total. The van der Waals surface area contributed by atoms with Gasteiger partial charge < -0.3 is 5.32 Å². The zero-order valence-corrected chi connectivity index (χ0v) is 11.4. The third-order valence-corrected chi connectivity index (χ3v) is 3.90. The second-order valence-corrected chi connectivity index (χ2v) is 5.44. The van der Waals surface area contributed by atoms with Crippen LogP contribution in [0.4, 0.5) is 0 Å². The summed E-state index contributed by atoms with van der Waals surface area (Å²) in [6, 6.07) is 11.3. The van der Waals surface area contributed by atoms with Crippen molar-refractivity contribution in [3.8, 4) is 6.07 Å². The summed E-state index contributed by atoms with van der Waals surface area (Å²) in [5.41, 5.74) is 1.09. The molecule has 1 saturated carbocycles. The number of hydrogen-bond donors (Lipinski definition) is 1. The number of nitrogens with one attached hydrogen (secondary N) is 1. The highest BCUT2D eigenvalue weighted by Crippen LogP contribution is 2.48. The smallest absolute Gasteiger partial charge is 0.241 e. The summed E-state index contributed by atoms with van der Waals surface area (Å²) in [4.78, 5) is 12.1. The molecule has 3 nitrogen and oxygen atoms in total. The lowest BCUT2D eigenvalue weighted by Gasteiger charge is -2.16. The maximum Gasteiger partial charge on any atom is 0.241 e. The Morgan fingerprint density at radius 1 is 1.42 bits per heavy atom. The molecule has 0 saturated heterocycles. The van der Waals surface area contributed by atoms with Crippen LogP contribution in [0.2, 0.25) is 0 Å². The Labute approximate surface area is 114 Å². The monoisotopic (exact) mass is 256 g/mol. The summed E-state index contributed by atoms with van der Waals surface area (Å²) in [7, 11) is 0. The molecule has 1 aliphatic rings. The molecule has 1 unspecified atom stereocenters. The first kappa shape index (κ1) is 13.6. The van der Waals surface area contributed by atoms with Crippen molar-refractivity contribution in [1.29, 1.82) is 5.26 Å². The maximum absolute atomic E-state index is 12.1. The Morgan fingerprint density at radius 3 is 2.63 bits per heavy atom. The fourth-order valence-electron chi connectivity index (χ4n) is 2.53. The minimum atomic E-state index is -0.696. The second kappa shape index (κ2) is 5.88. The van der Waals surface area contributed by atoms with Crippen LogP contribution in [-0.4, -0.2) is 12.5 Å². The van der Waals surface area contributed by atoms with Gasteiger partial charge in [-0.3, -0.25) is 4.79 Å². The van der Waals surface area contributed by atoms with E-state index in [9.17, 15) is 10.1 Å². The van der Waals surface area contributed by atoms with Gasteiger partial charge in [0.25, 0.3) is 0 Å². The molecule has 0 heterocycles. The Morgan fingerprint density at radius 2 is 2.11 bits per heavy atom. The standard InChI is InChI=1S/C16H20N2O/c1-2-8-16(9-10-16)12-18-15(19)14(11-17)13-6-4-3-5-7-13/h3-7,14H,2,8-10,12H2,1H3,(H,18,19). The molecule has 1 amide bonds. The topological polar surface area (TPSA) is 52.9 Å². The van der Waals surface area contributed by atoms with E-state index in [2.05, 4.69) is 18.3 Å². The first-order valence-corrected chi connectivity index (χ1v) is 6.93. The highest BCUT2D eigenvalue weighted by Gasteiger charge is 2.41. The first-order chi connectivity index (χ1) is 9.21. The first-order valence-electron chi connectivity index (χ1n) is 6.93. The van der Waals surface area contributed by atoms with Crippen LogP contribution in [0.1, 0.15) is 44.1 Å². The van der Waals surface area contributed by atoms with E-state index in [0.29, 0.717) is 12.0 Å². The molecule has 0 radical (unpaired) electrons. The van der Waals surface area contributed by atoms with Gasteiger partial charge in [0.05, 0.1) is 6.07 Å². The number of nitrogens with zero attached hydrogens (tertiary/aromatic N) is 1. The van der Waals surface area contributed by atoms with Gasteiger partial charge in [-0.25, -0.2) is 0 Å². The third-order valence-electron chi connectivity index (χ3n) is 3.90. The number of rotatable bonds is 6. The Kier molecular flexibility index (Phi) is 4.21. The summed E-state index contributed by atoms with van der Waals surface area (Å²) in [5, 5.41) is 12.1. The average Bonchev–Trinajstić information content (AvgIpc) is 3.19. The quantitative estimate of drug-likeness (QED) is 0.850. The van der Waals surface area contributed by atoms with Crippen LogP contribution in [0.3, 0.4) is 0 Å². The van der Waals surface area contributed by atoms with E-state index in [4.69, 9.17) is 0 Å². The molecule has 1 aromatic rings. The van der Waals surface area contributed by atoms with Crippen LogP contribution < -0.4 is 5.32 Å². The van der Waals surface area contributed by atoms with E-state index in [0.717, 1.165) is 18.4 Å². The van der Waals surface area contributed by atoms with Crippen LogP contribution in [0.5, 0.6) is 0 Å². The Balaban J connectivity index is 1.94. The van der Waals surface area contributed by atoms with Crippen molar-refractivity contribution >= 4 is 5.91 Å². The fourth-order valence-corrected chi connectivity index (χ4v) is 2.53. The number of carbonyl (C=O) groups excluding carboxylic acids is 1. The normalized spacial score (nSPS) is 17.3. The van der Waals surface area contributed by atoms with Gasteiger partial charge in [-0.05, 0) is 30.2 Å². The Hall–Kier alpha value is -1.82. The Bertz CT molecular complexity index is 471. The highest BCUT2D eigenvalue weighted by molar-refractivity contribution is 5.86. The highest BCUT2D eigenvalue weighted by atomic mass is 16.1. The SMILES string of the molecule is CCCC1(CNC(=O)C(C#N)c2ccccc2)CC1. The number of nitriles is 1. The lowest BCUT2D eigenvalue weighted by atomic mass is 9.98. The molecule has 0 bridgehead atoms. The fraction of sp³-hybridized carbons (Fsp3) is 0.500. The molecule has 3 heteroatoms. The van der Waals surface area contributed by atoms with Crippen LogP contribution in [0.25, 0.3) is 0 Å². The van der Waals surface area contributed by atoms with Crippen molar-refractivity contribution in [3.05, 3.63) is 35.9 Å². The van der Waals surface area contributed by atoms with Crippen molar-refractivity contribution in [2.45, 2.75) is 38.5 Å². The van der Waals surface area contributed by atoms with Crippen molar-refractivity contribution in [1.82, 2.24) is 5.32 Å². The molecular weight excluding hydrogens is 236 g/mol. The van der Waals surface area contributed by atoms with E-state index in [1.807, 2.05) is 30.3 Å². The van der Waals surface area contributed by atoms with Crippen LogP contribution in [0, 0.1) is 16.7 Å². The minimum absolute atomic E-state index is 0.170. The molecule has 0 aliphatic heterocycles. The van der Waals surface area contributed by atoms with Gasteiger partial charge in [-0.1, -0.05) is 43.7 Å². The van der Waals surface area contributed by atoms with Gasteiger partial charge in [0.15, 0.2) is 0 Å². The largest absolute Gasteiger partial charge is 0.354 e. The molecule has 1 atom stereocenters. The van der Waals surface area contributed by atoms with Crippen LogP contribution in [0.15, 0.2) is 30.3 Å². The molecule has 1 aromatic carbocycles. The summed E-state index contributed by atoms with van der Waals surface area (Å²) in [5.74, 6) is -0.866. The molecule has 1 fully saturated rings.